The molecular formula is C7H13NO2. The van der Waals surface area contributed by atoms with Crippen LogP contribution in [0.4, 0.5) is 0 Å². The number of ether oxygens (including phenoxy) is 2. The highest BCUT2D eigenvalue weighted by atomic mass is 16.5. The second-order valence-corrected chi connectivity index (χ2v) is 2.36. The predicted octanol–water partition coefficient (Wildman–Crippen LogP) is -0.0849. The van der Waals surface area contributed by atoms with Gasteiger partial charge in [0.15, 0.2) is 0 Å². The fourth-order valence-corrected chi connectivity index (χ4v) is 0.915. The van der Waals surface area contributed by atoms with Gasteiger partial charge in [0.1, 0.15) is 0 Å². The molecule has 0 aromatic heterocycles. The van der Waals surface area contributed by atoms with Crippen LogP contribution in [-0.2, 0) is 9.47 Å². The molecular weight excluding hydrogens is 130 g/mol. The molecule has 1 rings (SSSR count). The van der Waals surface area contributed by atoms with Crippen LogP contribution in [0.25, 0.3) is 0 Å². The minimum absolute atomic E-state index is 0.0416. The summed E-state index contributed by atoms with van der Waals surface area (Å²) in [5, 5.41) is 0. The zero-order valence-electron chi connectivity index (χ0n) is 5.95. The molecule has 0 unspecified atom stereocenters. The first-order valence-electron chi connectivity index (χ1n) is 3.40. The van der Waals surface area contributed by atoms with Crippen LogP contribution in [0.2, 0.25) is 0 Å². The minimum atomic E-state index is 0.0416. The predicted molar refractivity (Wildman–Crippen MR) is 38.7 cm³/mol. The maximum atomic E-state index is 5.64. The molecule has 2 N–H and O–H groups in total. The van der Waals surface area contributed by atoms with Crippen LogP contribution >= 0.6 is 0 Å². The van der Waals surface area contributed by atoms with Crippen molar-refractivity contribution in [2.24, 2.45) is 5.73 Å². The molecule has 0 radical (unpaired) electrons. The van der Waals surface area contributed by atoms with Gasteiger partial charge in [0.05, 0.1) is 32.0 Å². The third-order valence-electron chi connectivity index (χ3n) is 1.50. The minimum Gasteiger partial charge on any atom is -0.377 e. The number of hydrogen-bond donors (Lipinski definition) is 1. The van der Waals surface area contributed by atoms with Crippen molar-refractivity contribution < 1.29 is 9.47 Å². The van der Waals surface area contributed by atoms with Gasteiger partial charge in [-0.05, 0) is 0 Å². The van der Waals surface area contributed by atoms with Crippen molar-refractivity contribution in [1.82, 2.24) is 0 Å². The average molecular weight is 143 g/mol. The lowest BCUT2D eigenvalue weighted by atomic mass is 10.2. The number of rotatable bonds is 3. The number of nitrogens with two attached hydrogens (primary N) is 1. The van der Waals surface area contributed by atoms with Crippen LogP contribution in [0.15, 0.2) is 12.7 Å². The Bertz CT molecular complexity index is 116. The van der Waals surface area contributed by atoms with E-state index in [2.05, 4.69) is 6.58 Å². The Labute approximate surface area is 60.8 Å². The van der Waals surface area contributed by atoms with E-state index in [-0.39, 0.29) is 12.1 Å². The SMILES string of the molecule is C=CCO[C@H]1COC[C@@H]1N. The molecule has 58 valence electrons. The molecule has 0 spiro atoms. The van der Waals surface area contributed by atoms with E-state index in [0.29, 0.717) is 19.8 Å². The van der Waals surface area contributed by atoms with Gasteiger partial charge < -0.3 is 15.2 Å². The van der Waals surface area contributed by atoms with Gasteiger partial charge in [-0.2, -0.15) is 0 Å². The normalized spacial score (nSPS) is 32.5. The van der Waals surface area contributed by atoms with E-state index in [9.17, 15) is 0 Å². The van der Waals surface area contributed by atoms with Gasteiger partial charge in [0, 0.05) is 0 Å². The van der Waals surface area contributed by atoms with E-state index < -0.39 is 0 Å². The molecule has 1 aliphatic heterocycles. The van der Waals surface area contributed by atoms with Gasteiger partial charge in [0.25, 0.3) is 0 Å². The van der Waals surface area contributed by atoms with Crippen molar-refractivity contribution in [1.29, 1.82) is 0 Å². The van der Waals surface area contributed by atoms with Crippen molar-refractivity contribution in [3.8, 4) is 0 Å². The standard InChI is InChI=1S/C7H13NO2/c1-2-3-10-7-5-9-4-6(7)8/h2,6-7H,1,3-5,8H2/t6-,7-/m0/s1. The van der Waals surface area contributed by atoms with Crippen LogP contribution in [-0.4, -0.2) is 32.0 Å². The highest BCUT2D eigenvalue weighted by Gasteiger charge is 2.24. The molecule has 0 aromatic rings. The first-order chi connectivity index (χ1) is 4.84. The van der Waals surface area contributed by atoms with Gasteiger partial charge >= 0.3 is 0 Å². The Kier molecular flexibility index (Phi) is 2.86. The highest BCUT2D eigenvalue weighted by Crippen LogP contribution is 2.06. The van der Waals surface area contributed by atoms with Crippen LogP contribution in [0.3, 0.4) is 0 Å². The Morgan fingerprint density at radius 3 is 3.00 bits per heavy atom. The average Bonchev–Trinajstić information content (AvgIpc) is 2.31. The van der Waals surface area contributed by atoms with Crippen LogP contribution in [0.5, 0.6) is 0 Å². The molecule has 0 saturated carbocycles. The van der Waals surface area contributed by atoms with Crippen molar-refractivity contribution in [3.63, 3.8) is 0 Å². The summed E-state index contributed by atoms with van der Waals surface area (Å²) < 4.78 is 10.4. The van der Waals surface area contributed by atoms with Crippen molar-refractivity contribution in [2.45, 2.75) is 12.1 Å². The molecule has 0 aliphatic carbocycles. The lowest BCUT2D eigenvalue weighted by Crippen LogP contribution is -2.35. The molecule has 10 heavy (non-hydrogen) atoms. The second kappa shape index (κ2) is 3.71. The topological polar surface area (TPSA) is 44.5 Å². The highest BCUT2D eigenvalue weighted by molar-refractivity contribution is 4.79. The van der Waals surface area contributed by atoms with Crippen LogP contribution < -0.4 is 5.73 Å². The van der Waals surface area contributed by atoms with Crippen molar-refractivity contribution >= 4 is 0 Å². The Hall–Kier alpha value is -0.380. The third-order valence-corrected chi connectivity index (χ3v) is 1.50. The van der Waals surface area contributed by atoms with Crippen LogP contribution in [0, 0.1) is 0 Å². The van der Waals surface area contributed by atoms with Crippen LogP contribution in [0.1, 0.15) is 0 Å². The van der Waals surface area contributed by atoms with Crippen molar-refractivity contribution in [3.05, 3.63) is 12.7 Å². The Morgan fingerprint density at radius 1 is 1.70 bits per heavy atom. The summed E-state index contributed by atoms with van der Waals surface area (Å²) in [6, 6.07) is 0.0416. The Morgan fingerprint density at radius 2 is 2.50 bits per heavy atom. The smallest absolute Gasteiger partial charge is 0.0985 e. The van der Waals surface area contributed by atoms with E-state index in [1.165, 1.54) is 0 Å². The van der Waals surface area contributed by atoms with Gasteiger partial charge in [-0.25, -0.2) is 0 Å². The molecule has 1 heterocycles. The molecule has 2 atom stereocenters. The largest absolute Gasteiger partial charge is 0.377 e. The van der Waals surface area contributed by atoms with Gasteiger partial charge in [-0.15, -0.1) is 6.58 Å². The van der Waals surface area contributed by atoms with E-state index >= 15 is 0 Å². The lowest BCUT2D eigenvalue weighted by Gasteiger charge is -2.11. The van der Waals surface area contributed by atoms with Gasteiger partial charge in [0.2, 0.25) is 0 Å². The first-order valence-corrected chi connectivity index (χ1v) is 3.40. The summed E-state index contributed by atoms with van der Waals surface area (Å²) in [7, 11) is 0. The lowest BCUT2D eigenvalue weighted by molar-refractivity contribution is 0.0553. The fourth-order valence-electron chi connectivity index (χ4n) is 0.915. The molecule has 0 amide bonds. The third kappa shape index (κ3) is 1.80. The summed E-state index contributed by atoms with van der Waals surface area (Å²) in [6.07, 6.45) is 1.78. The molecule has 0 bridgehead atoms. The fraction of sp³-hybridized carbons (Fsp3) is 0.714. The maximum Gasteiger partial charge on any atom is 0.0985 e. The zero-order chi connectivity index (χ0) is 7.40. The van der Waals surface area contributed by atoms with E-state index in [0.717, 1.165) is 0 Å². The summed E-state index contributed by atoms with van der Waals surface area (Å²) in [5.74, 6) is 0. The molecule has 1 aliphatic rings. The molecule has 0 aromatic carbocycles. The zero-order valence-corrected chi connectivity index (χ0v) is 5.95. The van der Waals surface area contributed by atoms with Gasteiger partial charge in [-0.3, -0.25) is 0 Å². The summed E-state index contributed by atoms with van der Waals surface area (Å²) in [4.78, 5) is 0. The summed E-state index contributed by atoms with van der Waals surface area (Å²) >= 11 is 0. The number of hydrogen-bond acceptors (Lipinski definition) is 3. The monoisotopic (exact) mass is 143 g/mol. The first kappa shape index (κ1) is 7.72. The summed E-state index contributed by atoms with van der Waals surface area (Å²) in [5.41, 5.74) is 5.64. The van der Waals surface area contributed by atoms with Crippen molar-refractivity contribution in [2.75, 3.05) is 19.8 Å². The Balaban J connectivity index is 2.19. The molecule has 1 saturated heterocycles. The van der Waals surface area contributed by atoms with E-state index in [1.807, 2.05) is 0 Å². The maximum absolute atomic E-state index is 5.64. The van der Waals surface area contributed by atoms with E-state index in [1.54, 1.807) is 6.08 Å². The molecule has 1 fully saturated rings. The quantitative estimate of drug-likeness (QED) is 0.562. The summed E-state index contributed by atoms with van der Waals surface area (Å²) in [6.45, 7) is 5.33. The molecule has 3 nitrogen and oxygen atoms in total. The molecule has 3 heteroatoms. The van der Waals surface area contributed by atoms with Gasteiger partial charge in [-0.1, -0.05) is 6.08 Å². The van der Waals surface area contributed by atoms with E-state index in [4.69, 9.17) is 15.2 Å². The second-order valence-electron chi connectivity index (χ2n) is 2.36.